The quantitative estimate of drug-likeness (QED) is 0.858. The summed E-state index contributed by atoms with van der Waals surface area (Å²) >= 11 is 0. The first-order valence-electron chi connectivity index (χ1n) is 9.10. The van der Waals surface area contributed by atoms with Gasteiger partial charge in [0.25, 0.3) is 11.5 Å². The van der Waals surface area contributed by atoms with Crippen LogP contribution in [0.15, 0.2) is 16.9 Å². The molecule has 1 aromatic rings. The second-order valence-corrected chi connectivity index (χ2v) is 6.89. The zero-order valence-corrected chi connectivity index (χ0v) is 14.0. The topological polar surface area (TPSA) is 55.2 Å². The van der Waals surface area contributed by atoms with Crippen LogP contribution in [0.4, 0.5) is 0 Å². The van der Waals surface area contributed by atoms with Crippen LogP contribution in [-0.4, -0.2) is 33.2 Å². The highest BCUT2D eigenvalue weighted by molar-refractivity contribution is 5.92. The summed E-state index contributed by atoms with van der Waals surface area (Å²) in [6, 6.07) is 3.44. The predicted octanol–water partition coefficient (Wildman–Crippen LogP) is 2.84. The molecule has 1 aliphatic carbocycles. The fourth-order valence-corrected chi connectivity index (χ4v) is 4.14. The van der Waals surface area contributed by atoms with E-state index in [1.54, 1.807) is 6.07 Å². The van der Waals surface area contributed by atoms with Crippen LogP contribution in [0.1, 0.15) is 68.8 Å². The summed E-state index contributed by atoms with van der Waals surface area (Å²) in [5.74, 6) is 0.652. The lowest BCUT2D eigenvalue weighted by atomic mass is 9.83. The Balaban J connectivity index is 1.78. The molecule has 1 saturated carbocycles. The number of nitrogens with zero attached hydrogens (tertiary/aromatic N) is 3. The first-order valence-corrected chi connectivity index (χ1v) is 9.10. The van der Waals surface area contributed by atoms with Gasteiger partial charge in [0.2, 0.25) is 0 Å². The lowest BCUT2D eigenvalue weighted by Gasteiger charge is -2.34. The Labute approximate surface area is 137 Å². The van der Waals surface area contributed by atoms with Gasteiger partial charge in [-0.1, -0.05) is 26.2 Å². The third kappa shape index (κ3) is 3.48. The lowest BCUT2D eigenvalue weighted by molar-refractivity contribution is 0.0652. The Hall–Kier alpha value is -1.65. The van der Waals surface area contributed by atoms with Gasteiger partial charge in [-0.15, -0.1) is 0 Å². The first-order chi connectivity index (χ1) is 11.2. The number of carbonyl (C=O) groups is 1. The summed E-state index contributed by atoms with van der Waals surface area (Å²) in [7, 11) is 0. The van der Waals surface area contributed by atoms with E-state index in [0.717, 1.165) is 25.8 Å². The van der Waals surface area contributed by atoms with Crippen molar-refractivity contribution in [3.8, 4) is 0 Å². The molecule has 1 aliphatic heterocycles. The van der Waals surface area contributed by atoms with E-state index in [2.05, 4.69) is 5.10 Å². The number of aromatic nitrogens is 2. The summed E-state index contributed by atoms with van der Waals surface area (Å²) in [6.45, 7) is 3.39. The van der Waals surface area contributed by atoms with Crippen LogP contribution < -0.4 is 5.56 Å². The van der Waals surface area contributed by atoms with Gasteiger partial charge in [0.15, 0.2) is 0 Å². The minimum absolute atomic E-state index is 0.00271. The Bertz CT molecular complexity index is 605. The maximum atomic E-state index is 12.9. The number of hydrogen-bond donors (Lipinski definition) is 0. The van der Waals surface area contributed by atoms with Crippen LogP contribution in [0.2, 0.25) is 0 Å². The molecule has 0 unspecified atom stereocenters. The van der Waals surface area contributed by atoms with Crippen LogP contribution in [-0.2, 0) is 6.54 Å². The van der Waals surface area contributed by atoms with Crippen LogP contribution >= 0.6 is 0 Å². The molecular formula is C18H27N3O2. The van der Waals surface area contributed by atoms with Crippen molar-refractivity contribution in [2.75, 3.05) is 6.54 Å². The number of amides is 1. The van der Waals surface area contributed by atoms with Gasteiger partial charge in [-0.2, -0.15) is 5.10 Å². The van der Waals surface area contributed by atoms with E-state index in [4.69, 9.17) is 0 Å². The smallest absolute Gasteiger partial charge is 0.274 e. The van der Waals surface area contributed by atoms with Gasteiger partial charge in [0.05, 0.1) is 0 Å². The summed E-state index contributed by atoms with van der Waals surface area (Å²) in [5, 5.41) is 4.30. The molecule has 126 valence electrons. The molecule has 2 heterocycles. The molecule has 3 rings (SSSR count). The molecule has 0 bridgehead atoms. The van der Waals surface area contributed by atoms with Crippen molar-refractivity contribution >= 4 is 5.91 Å². The highest BCUT2D eigenvalue weighted by atomic mass is 16.2. The highest BCUT2D eigenvalue weighted by Crippen LogP contribution is 2.34. The average Bonchev–Trinajstić information content (AvgIpc) is 3.07. The largest absolute Gasteiger partial charge is 0.334 e. The molecule has 1 aromatic heterocycles. The monoisotopic (exact) mass is 317 g/mol. The number of carbonyl (C=O) groups excluding carboxylic acids is 1. The van der Waals surface area contributed by atoms with Gasteiger partial charge >= 0.3 is 0 Å². The first kappa shape index (κ1) is 16.2. The second-order valence-electron chi connectivity index (χ2n) is 6.89. The van der Waals surface area contributed by atoms with E-state index in [9.17, 15) is 9.59 Å². The number of likely N-dealkylation sites (tertiary alicyclic amines) is 1. The van der Waals surface area contributed by atoms with Crippen molar-refractivity contribution < 1.29 is 4.79 Å². The zero-order chi connectivity index (χ0) is 16.2. The number of hydrogen-bond acceptors (Lipinski definition) is 3. The molecule has 1 amide bonds. The van der Waals surface area contributed by atoms with Crippen molar-refractivity contribution in [3.63, 3.8) is 0 Å². The fraction of sp³-hybridized carbons (Fsp3) is 0.722. The van der Waals surface area contributed by atoms with Gasteiger partial charge in [-0.05, 0) is 44.1 Å². The minimum atomic E-state index is -0.131. The van der Waals surface area contributed by atoms with E-state index < -0.39 is 0 Å². The maximum absolute atomic E-state index is 12.9. The van der Waals surface area contributed by atoms with E-state index >= 15 is 0 Å². The molecule has 2 aliphatic rings. The molecule has 0 N–H and O–H groups in total. The Kier molecular flexibility index (Phi) is 5.13. The van der Waals surface area contributed by atoms with Gasteiger partial charge < -0.3 is 4.90 Å². The molecule has 1 atom stereocenters. The van der Waals surface area contributed by atoms with Gasteiger partial charge in [0.1, 0.15) is 5.69 Å². The van der Waals surface area contributed by atoms with Crippen molar-refractivity contribution in [3.05, 3.63) is 28.2 Å². The summed E-state index contributed by atoms with van der Waals surface area (Å²) in [6.07, 6.45) is 9.45. The number of rotatable bonds is 4. The Morgan fingerprint density at radius 3 is 2.70 bits per heavy atom. The molecule has 0 radical (unpaired) electrons. The standard InChI is InChI=1S/C18H27N3O2/c1-2-12-21-17(22)11-10-15(19-21)18(23)20-13-6-9-16(20)14-7-4-3-5-8-14/h10-11,14,16H,2-9,12-13H2,1H3/t16-/m0/s1. The maximum Gasteiger partial charge on any atom is 0.274 e. The van der Waals surface area contributed by atoms with Crippen LogP contribution in [0.25, 0.3) is 0 Å². The highest BCUT2D eigenvalue weighted by Gasteiger charge is 2.36. The second kappa shape index (κ2) is 7.28. The molecule has 0 spiro atoms. The molecule has 5 heteroatoms. The van der Waals surface area contributed by atoms with Gasteiger partial charge in [0, 0.05) is 25.2 Å². The summed E-state index contributed by atoms with van der Waals surface area (Å²) in [4.78, 5) is 26.7. The molecule has 0 aromatic carbocycles. The van der Waals surface area contributed by atoms with E-state index in [-0.39, 0.29) is 11.5 Å². The summed E-state index contributed by atoms with van der Waals surface area (Å²) < 4.78 is 1.42. The molecule has 23 heavy (non-hydrogen) atoms. The van der Waals surface area contributed by atoms with Crippen molar-refractivity contribution in [2.24, 2.45) is 5.92 Å². The third-order valence-electron chi connectivity index (χ3n) is 5.28. The van der Waals surface area contributed by atoms with E-state index in [0.29, 0.717) is 24.2 Å². The summed E-state index contributed by atoms with van der Waals surface area (Å²) in [5.41, 5.74) is 0.286. The molecule has 2 fully saturated rings. The van der Waals surface area contributed by atoms with Crippen molar-refractivity contribution in [2.45, 2.75) is 70.9 Å². The average molecular weight is 317 g/mol. The van der Waals surface area contributed by atoms with Crippen LogP contribution in [0.3, 0.4) is 0 Å². The number of aryl methyl sites for hydroxylation is 1. The Morgan fingerprint density at radius 1 is 1.17 bits per heavy atom. The molecule has 1 saturated heterocycles. The van der Waals surface area contributed by atoms with Crippen LogP contribution in [0.5, 0.6) is 0 Å². The minimum Gasteiger partial charge on any atom is -0.334 e. The lowest BCUT2D eigenvalue weighted by Crippen LogP contribution is -2.41. The zero-order valence-electron chi connectivity index (χ0n) is 14.0. The SMILES string of the molecule is CCCn1nc(C(=O)N2CCC[C@H]2C2CCCCC2)ccc1=O. The van der Waals surface area contributed by atoms with E-state index in [1.165, 1.54) is 42.9 Å². The Morgan fingerprint density at radius 2 is 1.96 bits per heavy atom. The van der Waals surface area contributed by atoms with Crippen LogP contribution in [0, 0.1) is 5.92 Å². The van der Waals surface area contributed by atoms with E-state index in [1.807, 2.05) is 11.8 Å². The third-order valence-corrected chi connectivity index (χ3v) is 5.28. The predicted molar refractivity (Wildman–Crippen MR) is 89.4 cm³/mol. The van der Waals surface area contributed by atoms with Gasteiger partial charge in [-0.25, -0.2) is 4.68 Å². The normalized spacial score (nSPS) is 22.5. The molecular weight excluding hydrogens is 290 g/mol. The van der Waals surface area contributed by atoms with Gasteiger partial charge in [-0.3, -0.25) is 9.59 Å². The molecule has 5 nitrogen and oxygen atoms in total. The fourth-order valence-electron chi connectivity index (χ4n) is 4.14. The van der Waals surface area contributed by atoms with Crippen molar-refractivity contribution in [1.82, 2.24) is 14.7 Å². The van der Waals surface area contributed by atoms with Crippen molar-refractivity contribution in [1.29, 1.82) is 0 Å².